The Morgan fingerprint density at radius 2 is 1.89 bits per heavy atom. The second-order valence-electron chi connectivity index (χ2n) is 11.6. The summed E-state index contributed by atoms with van der Waals surface area (Å²) in [6.07, 6.45) is 5.48. The van der Waals surface area contributed by atoms with Gasteiger partial charge in [0.15, 0.2) is 0 Å². The van der Waals surface area contributed by atoms with E-state index in [1.165, 1.54) is 0 Å². The smallest absolute Gasteiger partial charge is 0.121 e. The number of hydrogen-bond donors (Lipinski definition) is 5. The van der Waals surface area contributed by atoms with Gasteiger partial charge in [0.2, 0.25) is 0 Å². The van der Waals surface area contributed by atoms with Crippen molar-refractivity contribution in [1.29, 1.82) is 0 Å². The maximum atomic E-state index is 12.3. The van der Waals surface area contributed by atoms with Crippen LogP contribution in [0, 0.1) is 11.3 Å². The zero-order valence-electron chi connectivity index (χ0n) is 19.6. The van der Waals surface area contributed by atoms with E-state index in [-0.39, 0.29) is 12.3 Å². The van der Waals surface area contributed by atoms with Crippen molar-refractivity contribution >= 4 is 10.8 Å². The van der Waals surface area contributed by atoms with Crippen LogP contribution in [0.2, 0.25) is 0 Å². The summed E-state index contributed by atoms with van der Waals surface area (Å²) in [7, 11) is 0. The predicted octanol–water partition coefficient (Wildman–Crippen LogP) is 1.85. The van der Waals surface area contributed by atoms with Crippen molar-refractivity contribution in [2.24, 2.45) is 11.3 Å². The molecule has 2 aliphatic heterocycles. The highest BCUT2D eigenvalue weighted by atomic mass is 16.5. The molecule has 5 aliphatic rings. The first-order valence-electron chi connectivity index (χ1n) is 12.6. The van der Waals surface area contributed by atoms with Crippen LogP contribution in [0.4, 0.5) is 0 Å². The molecule has 9 atom stereocenters. The minimum Gasteiger partial charge on any atom is -0.390 e. The second kappa shape index (κ2) is 6.79. The monoisotopic (exact) mass is 477 g/mol. The van der Waals surface area contributed by atoms with Gasteiger partial charge in [-0.05, 0) is 59.9 Å². The summed E-state index contributed by atoms with van der Waals surface area (Å²) >= 11 is 0. The Kier molecular flexibility index (Phi) is 4.29. The Bertz CT molecular complexity index is 1310. The number of rotatable bonds is 1. The number of benzene rings is 1. The normalized spacial score (nSPS) is 48.1. The van der Waals surface area contributed by atoms with Crippen molar-refractivity contribution in [2.75, 3.05) is 0 Å². The van der Waals surface area contributed by atoms with E-state index in [0.29, 0.717) is 36.8 Å². The average Bonchev–Trinajstić information content (AvgIpc) is 3.27. The highest BCUT2D eigenvalue weighted by molar-refractivity contribution is 5.82. The highest BCUT2D eigenvalue weighted by Crippen LogP contribution is 2.70. The second-order valence-corrected chi connectivity index (χ2v) is 11.6. The number of ether oxygens (including phenoxy) is 1. The van der Waals surface area contributed by atoms with E-state index >= 15 is 0 Å². The van der Waals surface area contributed by atoms with Crippen LogP contribution in [0.15, 0.2) is 60.0 Å². The van der Waals surface area contributed by atoms with Crippen molar-refractivity contribution in [3.8, 4) is 0 Å². The third kappa shape index (κ3) is 2.49. The molecule has 3 heterocycles. The molecule has 7 rings (SSSR count). The van der Waals surface area contributed by atoms with Gasteiger partial charge in [0, 0.05) is 35.5 Å². The lowest BCUT2D eigenvalue weighted by Gasteiger charge is -2.56. The third-order valence-electron chi connectivity index (χ3n) is 10.1. The molecule has 3 aliphatic carbocycles. The quantitative estimate of drug-likeness (QED) is 0.425. The van der Waals surface area contributed by atoms with Gasteiger partial charge in [0.05, 0.1) is 23.4 Å². The zero-order valence-corrected chi connectivity index (χ0v) is 19.6. The lowest BCUT2D eigenvalue weighted by Crippen LogP contribution is -2.60. The van der Waals surface area contributed by atoms with Crippen molar-refractivity contribution in [3.63, 3.8) is 0 Å². The molecule has 3 fully saturated rings. The lowest BCUT2D eigenvalue weighted by molar-refractivity contribution is -0.192. The van der Waals surface area contributed by atoms with Crippen LogP contribution >= 0.6 is 0 Å². The molecule has 7 heteroatoms. The van der Waals surface area contributed by atoms with Gasteiger partial charge in [-0.25, -0.2) is 0 Å². The Labute approximate surface area is 203 Å². The van der Waals surface area contributed by atoms with Crippen LogP contribution in [0.5, 0.6) is 0 Å². The van der Waals surface area contributed by atoms with Gasteiger partial charge in [-0.1, -0.05) is 31.2 Å². The molecule has 0 radical (unpaired) electrons. The number of aromatic nitrogens is 1. The molecule has 2 aromatic rings. The Balaban J connectivity index is 1.36. The van der Waals surface area contributed by atoms with Gasteiger partial charge >= 0.3 is 0 Å². The van der Waals surface area contributed by atoms with E-state index in [1.807, 2.05) is 37.3 Å². The summed E-state index contributed by atoms with van der Waals surface area (Å²) in [6.45, 7) is 2.05. The average molecular weight is 478 g/mol. The summed E-state index contributed by atoms with van der Waals surface area (Å²) in [5, 5.41) is 57.3. The molecule has 184 valence electrons. The minimum absolute atomic E-state index is 0.169. The van der Waals surface area contributed by atoms with Crippen molar-refractivity contribution in [2.45, 2.75) is 80.2 Å². The first-order valence-corrected chi connectivity index (χ1v) is 12.6. The van der Waals surface area contributed by atoms with E-state index in [0.717, 1.165) is 16.3 Å². The summed E-state index contributed by atoms with van der Waals surface area (Å²) in [6, 6.07) is 7.72. The topological polar surface area (TPSA) is 123 Å². The molecule has 1 aromatic carbocycles. The number of hydrogen-bond acceptors (Lipinski definition) is 7. The molecule has 35 heavy (non-hydrogen) atoms. The van der Waals surface area contributed by atoms with Gasteiger partial charge < -0.3 is 30.3 Å². The Morgan fingerprint density at radius 3 is 2.71 bits per heavy atom. The molecule has 1 saturated heterocycles. The van der Waals surface area contributed by atoms with Crippen molar-refractivity contribution in [1.82, 2.24) is 4.98 Å². The van der Waals surface area contributed by atoms with Crippen molar-refractivity contribution in [3.05, 3.63) is 65.5 Å². The van der Waals surface area contributed by atoms with Gasteiger partial charge in [0.25, 0.3) is 0 Å². The Hall–Kier alpha value is -2.13. The fourth-order valence-corrected chi connectivity index (χ4v) is 8.28. The van der Waals surface area contributed by atoms with Crippen LogP contribution in [0.3, 0.4) is 0 Å². The van der Waals surface area contributed by atoms with Gasteiger partial charge in [-0.2, -0.15) is 0 Å². The molecule has 1 aromatic heterocycles. The summed E-state index contributed by atoms with van der Waals surface area (Å²) in [4.78, 5) is 4.22. The Morgan fingerprint density at radius 1 is 1.06 bits per heavy atom. The molecular weight excluding hydrogens is 446 g/mol. The van der Waals surface area contributed by atoms with E-state index in [1.54, 1.807) is 12.4 Å². The first kappa shape index (κ1) is 22.1. The van der Waals surface area contributed by atoms with Crippen molar-refractivity contribution < 1.29 is 30.3 Å². The van der Waals surface area contributed by atoms with Crippen LogP contribution in [-0.4, -0.2) is 66.1 Å². The molecule has 7 nitrogen and oxygen atoms in total. The summed E-state index contributed by atoms with van der Waals surface area (Å²) in [5.41, 5.74) is -1.48. The van der Waals surface area contributed by atoms with E-state index in [9.17, 15) is 25.5 Å². The number of aliphatic hydroxyl groups excluding tert-OH is 4. The highest BCUT2D eigenvalue weighted by Gasteiger charge is 2.73. The minimum atomic E-state index is -1.48. The zero-order chi connectivity index (χ0) is 24.4. The molecule has 0 amide bonds. The largest absolute Gasteiger partial charge is 0.390 e. The molecule has 1 unspecified atom stereocenters. The standard InChI is InChI=1S/C28H31NO6/c1-25-6-4-17-11-19-23(32)24(33)20(30)13-26(19)7-8-27(17,35-26)21(25)12-22(31)28(25,34)18-3-2-15-5-9-29-14-16(15)10-18/h2-5,9-11,14,20-24,30-34H,6-8,12-13H2,1H3/t20-,21+,22+,23-,24+,25-,26+,27?,28+/m0/s1. The number of allylic oxidation sites excluding steroid dienone is 1. The molecule has 2 spiro atoms. The summed E-state index contributed by atoms with van der Waals surface area (Å²) < 4.78 is 6.90. The third-order valence-corrected chi connectivity index (χ3v) is 10.1. The van der Waals surface area contributed by atoms with Crippen LogP contribution in [0.25, 0.3) is 10.8 Å². The molecule has 2 saturated carbocycles. The lowest BCUT2D eigenvalue weighted by atomic mass is 9.56. The number of aliphatic hydroxyl groups is 5. The number of nitrogens with zero attached hydrogens (tertiary/aromatic N) is 1. The van der Waals surface area contributed by atoms with Crippen LogP contribution < -0.4 is 0 Å². The molecule has 2 bridgehead atoms. The molecule has 5 N–H and O–H groups in total. The SMILES string of the molecule is C[C@]12CC=C3C=C4[C@H](O)[C@H](O)[C@@H](O)C[C@]45CCC3(O5)[C@@H]1C[C@@H](O)[C@]2(O)c1ccc2ccncc2c1. The molecular formula is C28H31NO6. The van der Waals surface area contributed by atoms with E-state index in [4.69, 9.17) is 4.74 Å². The van der Waals surface area contributed by atoms with Gasteiger partial charge in [-0.15, -0.1) is 0 Å². The summed E-state index contributed by atoms with van der Waals surface area (Å²) in [5.74, 6) is -0.169. The fourth-order valence-electron chi connectivity index (χ4n) is 8.28. The fraction of sp³-hybridized carbons (Fsp3) is 0.536. The maximum Gasteiger partial charge on any atom is 0.121 e. The van der Waals surface area contributed by atoms with Crippen LogP contribution in [-0.2, 0) is 10.3 Å². The van der Waals surface area contributed by atoms with Gasteiger partial charge in [-0.3, -0.25) is 4.98 Å². The van der Waals surface area contributed by atoms with E-state index in [2.05, 4.69) is 11.1 Å². The maximum absolute atomic E-state index is 12.3. The first-order chi connectivity index (χ1) is 16.6. The van der Waals surface area contributed by atoms with Crippen LogP contribution in [0.1, 0.15) is 44.6 Å². The van der Waals surface area contributed by atoms with E-state index < -0.39 is 46.6 Å². The number of pyridine rings is 1. The van der Waals surface area contributed by atoms with Gasteiger partial charge in [0.1, 0.15) is 17.8 Å². The predicted molar refractivity (Wildman–Crippen MR) is 127 cm³/mol. The number of fused-ring (bicyclic) bond motifs is 2.